The van der Waals surface area contributed by atoms with E-state index in [1.165, 1.54) is 0 Å². The first kappa shape index (κ1) is 16.4. The van der Waals surface area contributed by atoms with Crippen LogP contribution in [-0.2, 0) is 6.54 Å². The van der Waals surface area contributed by atoms with E-state index in [1.807, 2.05) is 60.8 Å². The van der Waals surface area contributed by atoms with E-state index in [1.54, 1.807) is 6.20 Å². The average molecular weight is 361 g/mol. The molecule has 4 nitrogen and oxygen atoms in total. The van der Waals surface area contributed by atoms with Gasteiger partial charge in [-0.1, -0.05) is 60.1 Å². The summed E-state index contributed by atoms with van der Waals surface area (Å²) >= 11 is 6.28. The van der Waals surface area contributed by atoms with Crippen LogP contribution in [0.25, 0.3) is 22.4 Å². The van der Waals surface area contributed by atoms with Crippen LogP contribution in [0.3, 0.4) is 0 Å². The van der Waals surface area contributed by atoms with Gasteiger partial charge >= 0.3 is 0 Å². The zero-order valence-corrected chi connectivity index (χ0v) is 14.7. The van der Waals surface area contributed by atoms with Gasteiger partial charge in [-0.05, 0) is 23.8 Å². The summed E-state index contributed by atoms with van der Waals surface area (Å²) in [6.45, 7) is 0.608. The minimum atomic E-state index is 0.608. The Kier molecular flexibility index (Phi) is 4.67. The molecule has 128 valence electrons. The molecule has 0 bridgehead atoms. The Morgan fingerprint density at radius 3 is 2.54 bits per heavy atom. The van der Waals surface area contributed by atoms with Crippen molar-refractivity contribution in [2.75, 3.05) is 5.32 Å². The smallest absolute Gasteiger partial charge is 0.0819 e. The topological polar surface area (TPSA) is 53.6 Å². The van der Waals surface area contributed by atoms with Crippen molar-refractivity contribution in [2.24, 2.45) is 0 Å². The van der Waals surface area contributed by atoms with E-state index in [0.29, 0.717) is 11.6 Å². The van der Waals surface area contributed by atoms with Crippen LogP contribution in [0.5, 0.6) is 0 Å². The van der Waals surface area contributed by atoms with E-state index in [0.717, 1.165) is 33.8 Å². The number of nitrogens with zero attached hydrogens (tertiary/aromatic N) is 2. The molecule has 0 aliphatic rings. The van der Waals surface area contributed by atoms with Crippen LogP contribution in [-0.4, -0.2) is 15.2 Å². The lowest BCUT2D eigenvalue weighted by molar-refractivity contribution is 0.982. The highest BCUT2D eigenvalue weighted by Crippen LogP contribution is 2.28. The quantitative estimate of drug-likeness (QED) is 0.500. The van der Waals surface area contributed by atoms with E-state index in [2.05, 4.69) is 32.6 Å². The maximum absolute atomic E-state index is 6.28. The number of pyridine rings is 1. The largest absolute Gasteiger partial charge is 0.378 e. The van der Waals surface area contributed by atoms with Crippen molar-refractivity contribution < 1.29 is 0 Å². The van der Waals surface area contributed by atoms with Gasteiger partial charge in [-0.15, -0.1) is 0 Å². The van der Waals surface area contributed by atoms with Crippen LogP contribution in [0.1, 0.15) is 5.69 Å². The van der Waals surface area contributed by atoms with Gasteiger partial charge in [0.25, 0.3) is 0 Å². The second-order valence-electron chi connectivity index (χ2n) is 5.93. The summed E-state index contributed by atoms with van der Waals surface area (Å²) in [6, 6.07) is 22.0. The number of hydrogen-bond donors (Lipinski definition) is 2. The fourth-order valence-electron chi connectivity index (χ4n) is 2.79. The molecule has 4 aromatic rings. The Bertz CT molecular complexity index is 1010. The number of halogens is 1. The molecular weight excluding hydrogens is 344 g/mol. The molecule has 0 radical (unpaired) electrons. The Labute approximate surface area is 156 Å². The summed E-state index contributed by atoms with van der Waals surface area (Å²) in [7, 11) is 0. The first-order valence-electron chi connectivity index (χ1n) is 8.33. The van der Waals surface area contributed by atoms with Gasteiger partial charge < -0.3 is 5.32 Å². The van der Waals surface area contributed by atoms with Crippen molar-refractivity contribution >= 4 is 17.3 Å². The minimum Gasteiger partial charge on any atom is -0.378 e. The predicted octanol–water partition coefficient (Wildman–Crippen LogP) is 5.40. The molecule has 0 unspecified atom stereocenters. The van der Waals surface area contributed by atoms with Crippen LogP contribution in [0.4, 0.5) is 5.69 Å². The SMILES string of the molecule is Clc1ccccc1-c1cncc(NCc2cc(-c3ccccc3)[nH]n2)c1. The Hall–Kier alpha value is -3.11. The molecule has 0 saturated heterocycles. The van der Waals surface area contributed by atoms with E-state index in [9.17, 15) is 0 Å². The van der Waals surface area contributed by atoms with E-state index in [4.69, 9.17) is 11.6 Å². The van der Waals surface area contributed by atoms with Crippen molar-refractivity contribution in [3.63, 3.8) is 0 Å². The Balaban J connectivity index is 1.48. The van der Waals surface area contributed by atoms with Crippen LogP contribution in [0.15, 0.2) is 79.1 Å². The van der Waals surface area contributed by atoms with Crippen molar-refractivity contribution in [1.82, 2.24) is 15.2 Å². The van der Waals surface area contributed by atoms with Crippen molar-refractivity contribution in [3.05, 3.63) is 89.8 Å². The molecule has 2 heterocycles. The third kappa shape index (κ3) is 3.60. The number of aromatic nitrogens is 3. The molecular formula is C21H17ClN4. The van der Waals surface area contributed by atoms with Gasteiger partial charge in [-0.3, -0.25) is 10.1 Å². The first-order chi connectivity index (χ1) is 12.8. The zero-order valence-electron chi connectivity index (χ0n) is 14.0. The van der Waals surface area contributed by atoms with Crippen molar-refractivity contribution in [3.8, 4) is 22.4 Å². The molecule has 5 heteroatoms. The lowest BCUT2D eigenvalue weighted by atomic mass is 10.1. The summed E-state index contributed by atoms with van der Waals surface area (Å²) in [5.41, 5.74) is 5.93. The molecule has 0 spiro atoms. The first-order valence-corrected chi connectivity index (χ1v) is 8.71. The van der Waals surface area contributed by atoms with Crippen LogP contribution in [0.2, 0.25) is 5.02 Å². The molecule has 0 saturated carbocycles. The minimum absolute atomic E-state index is 0.608. The standard InChI is InChI=1S/C21H17ClN4/c22-20-9-5-4-8-19(20)16-10-17(13-23-12-16)24-14-18-11-21(26-25-18)15-6-2-1-3-7-15/h1-13,24H,14H2,(H,25,26). The summed E-state index contributed by atoms with van der Waals surface area (Å²) in [6.07, 6.45) is 3.61. The molecule has 0 aliphatic heterocycles. The van der Waals surface area contributed by atoms with Gasteiger partial charge in [0.15, 0.2) is 0 Å². The van der Waals surface area contributed by atoms with Gasteiger partial charge in [0.2, 0.25) is 0 Å². The summed E-state index contributed by atoms with van der Waals surface area (Å²) in [5.74, 6) is 0. The summed E-state index contributed by atoms with van der Waals surface area (Å²) in [4.78, 5) is 4.32. The van der Waals surface area contributed by atoms with E-state index < -0.39 is 0 Å². The highest BCUT2D eigenvalue weighted by atomic mass is 35.5. The molecule has 2 N–H and O–H groups in total. The maximum Gasteiger partial charge on any atom is 0.0819 e. The molecule has 0 aliphatic carbocycles. The van der Waals surface area contributed by atoms with Gasteiger partial charge in [0.1, 0.15) is 0 Å². The van der Waals surface area contributed by atoms with Gasteiger partial charge in [-0.25, -0.2) is 0 Å². The van der Waals surface area contributed by atoms with Crippen molar-refractivity contribution in [1.29, 1.82) is 0 Å². The number of aromatic amines is 1. The predicted molar refractivity (Wildman–Crippen MR) is 106 cm³/mol. The number of rotatable bonds is 5. The van der Waals surface area contributed by atoms with Gasteiger partial charge in [-0.2, -0.15) is 5.10 Å². The highest BCUT2D eigenvalue weighted by Gasteiger charge is 2.06. The van der Waals surface area contributed by atoms with Crippen LogP contribution in [0, 0.1) is 0 Å². The second kappa shape index (κ2) is 7.42. The molecule has 2 aromatic heterocycles. The number of hydrogen-bond acceptors (Lipinski definition) is 3. The zero-order chi connectivity index (χ0) is 17.8. The second-order valence-corrected chi connectivity index (χ2v) is 6.34. The van der Waals surface area contributed by atoms with E-state index >= 15 is 0 Å². The molecule has 2 aromatic carbocycles. The summed E-state index contributed by atoms with van der Waals surface area (Å²) in [5, 5.41) is 11.5. The van der Waals surface area contributed by atoms with Crippen LogP contribution >= 0.6 is 11.6 Å². The number of H-pyrrole nitrogens is 1. The third-order valence-electron chi connectivity index (χ3n) is 4.11. The fourth-order valence-corrected chi connectivity index (χ4v) is 3.04. The fraction of sp³-hybridized carbons (Fsp3) is 0.0476. The van der Waals surface area contributed by atoms with Gasteiger partial charge in [0, 0.05) is 28.5 Å². The van der Waals surface area contributed by atoms with Crippen LogP contribution < -0.4 is 5.32 Å². The molecule has 0 fully saturated rings. The van der Waals surface area contributed by atoms with Gasteiger partial charge in [0.05, 0.1) is 23.6 Å². The monoisotopic (exact) mass is 360 g/mol. The molecule has 0 atom stereocenters. The highest BCUT2D eigenvalue weighted by molar-refractivity contribution is 6.33. The lowest BCUT2D eigenvalue weighted by Gasteiger charge is -2.08. The molecule has 4 rings (SSSR count). The average Bonchev–Trinajstić information content (AvgIpc) is 3.17. The third-order valence-corrected chi connectivity index (χ3v) is 4.44. The molecule has 0 amide bonds. The lowest BCUT2D eigenvalue weighted by Crippen LogP contribution is -2.00. The normalized spacial score (nSPS) is 10.7. The number of nitrogens with one attached hydrogen (secondary N) is 2. The Morgan fingerprint density at radius 1 is 0.885 bits per heavy atom. The maximum atomic E-state index is 6.28. The number of anilines is 1. The summed E-state index contributed by atoms with van der Waals surface area (Å²) < 4.78 is 0. The number of benzene rings is 2. The molecule has 26 heavy (non-hydrogen) atoms. The van der Waals surface area contributed by atoms with Crippen molar-refractivity contribution in [2.45, 2.75) is 6.54 Å². The Morgan fingerprint density at radius 2 is 1.69 bits per heavy atom. The van der Waals surface area contributed by atoms with E-state index in [-0.39, 0.29) is 0 Å².